The van der Waals surface area contributed by atoms with Crippen molar-refractivity contribution in [3.05, 3.63) is 23.5 Å². The first kappa shape index (κ1) is 22.5. The quantitative estimate of drug-likeness (QED) is 0.550. The number of aryl methyl sites for hydroxylation is 2. The number of nitrogens with one attached hydrogen (secondary N) is 1. The molecule has 1 amide bonds. The van der Waals surface area contributed by atoms with E-state index in [-0.39, 0.29) is 18.4 Å². The molecule has 0 radical (unpaired) electrons. The summed E-state index contributed by atoms with van der Waals surface area (Å²) in [5, 5.41) is 20.1. The van der Waals surface area contributed by atoms with Crippen LogP contribution in [0.3, 0.4) is 0 Å². The van der Waals surface area contributed by atoms with Crippen LogP contribution in [0.15, 0.2) is 12.1 Å². The molecule has 0 aliphatic heterocycles. The van der Waals surface area contributed by atoms with E-state index in [0.29, 0.717) is 48.2 Å². The number of carbonyl (C=O) groups is 2. The second-order valence-electron chi connectivity index (χ2n) is 7.72. The predicted octanol–water partition coefficient (Wildman–Crippen LogP) is 2.70. The number of amides is 1. The van der Waals surface area contributed by atoms with Crippen LogP contribution < -0.4 is 10.1 Å². The Kier molecular flexibility index (Phi) is 7.43. The van der Waals surface area contributed by atoms with Gasteiger partial charge in [-0.05, 0) is 38.3 Å². The van der Waals surface area contributed by atoms with Crippen molar-refractivity contribution in [2.75, 3.05) is 13.2 Å². The summed E-state index contributed by atoms with van der Waals surface area (Å²) in [7, 11) is 1.75. The van der Waals surface area contributed by atoms with E-state index in [1.54, 1.807) is 23.9 Å². The minimum atomic E-state index is -0.761. The first-order valence-electron chi connectivity index (χ1n) is 10.5. The van der Waals surface area contributed by atoms with Crippen LogP contribution in [0.5, 0.6) is 5.75 Å². The highest BCUT2D eigenvalue weighted by atomic mass is 16.5. The number of unbranched alkanes of at least 4 members (excludes halogenated alkanes) is 1. The first-order valence-corrected chi connectivity index (χ1v) is 10.5. The van der Waals surface area contributed by atoms with E-state index in [1.165, 1.54) is 0 Å². The van der Waals surface area contributed by atoms with Crippen molar-refractivity contribution in [1.29, 1.82) is 0 Å². The van der Waals surface area contributed by atoms with Crippen molar-refractivity contribution in [2.45, 2.75) is 46.1 Å². The average Bonchev–Trinajstić information content (AvgIpc) is 3.07. The van der Waals surface area contributed by atoms with Crippen LogP contribution in [0, 0.1) is 18.8 Å². The molecule has 10 nitrogen and oxygen atoms in total. The lowest BCUT2D eigenvalue weighted by Crippen LogP contribution is -2.36. The van der Waals surface area contributed by atoms with Gasteiger partial charge in [-0.1, -0.05) is 18.6 Å². The maximum Gasteiger partial charge on any atom is 0.407 e. The molecule has 1 saturated carbocycles. The molecular formula is C21H29N5O5. The fourth-order valence-electron chi connectivity index (χ4n) is 3.41. The Labute approximate surface area is 181 Å². The summed E-state index contributed by atoms with van der Waals surface area (Å²) in [6.07, 6.45) is 2.85. The Morgan fingerprint density at radius 3 is 2.77 bits per heavy atom. The second kappa shape index (κ2) is 10.2. The molecule has 1 aliphatic rings. The summed E-state index contributed by atoms with van der Waals surface area (Å²) in [4.78, 5) is 27.6. The summed E-state index contributed by atoms with van der Waals surface area (Å²) in [6.45, 7) is 4.81. The van der Waals surface area contributed by atoms with Crippen LogP contribution >= 0.6 is 0 Å². The van der Waals surface area contributed by atoms with Crippen molar-refractivity contribution in [3.8, 4) is 17.1 Å². The molecule has 3 rings (SSSR count). The monoisotopic (exact) mass is 431 g/mol. The molecule has 0 aromatic carbocycles. The normalized spacial score (nSPS) is 17.6. The van der Waals surface area contributed by atoms with E-state index in [4.69, 9.17) is 14.6 Å². The summed E-state index contributed by atoms with van der Waals surface area (Å²) < 4.78 is 12.5. The van der Waals surface area contributed by atoms with Gasteiger partial charge < -0.3 is 19.9 Å². The predicted molar refractivity (Wildman–Crippen MR) is 111 cm³/mol. The van der Waals surface area contributed by atoms with Crippen molar-refractivity contribution in [3.63, 3.8) is 0 Å². The SMILES string of the molecule is CCCCOC(=O)NCc1c(-c2ccc(OC[C@@H]3CC[C@H]3C(=O)O)c(C)n2)nnn1C. The van der Waals surface area contributed by atoms with Crippen molar-refractivity contribution >= 4 is 12.1 Å². The molecule has 31 heavy (non-hydrogen) atoms. The number of aliphatic carboxylic acids is 1. The summed E-state index contributed by atoms with van der Waals surface area (Å²) in [5.74, 6) is -0.437. The van der Waals surface area contributed by atoms with Gasteiger partial charge in [-0.2, -0.15) is 0 Å². The average molecular weight is 431 g/mol. The maximum absolute atomic E-state index is 11.8. The van der Waals surface area contributed by atoms with Crippen LogP contribution in [-0.4, -0.2) is 50.4 Å². The molecule has 2 aromatic heterocycles. The molecule has 2 atom stereocenters. The molecule has 10 heteroatoms. The van der Waals surface area contributed by atoms with Crippen molar-refractivity contribution < 1.29 is 24.2 Å². The summed E-state index contributed by atoms with van der Waals surface area (Å²) in [5.41, 5.74) is 2.55. The fourth-order valence-corrected chi connectivity index (χ4v) is 3.41. The highest BCUT2D eigenvalue weighted by Crippen LogP contribution is 2.35. The van der Waals surface area contributed by atoms with Crippen LogP contribution in [-0.2, 0) is 23.1 Å². The molecule has 2 N–H and O–H groups in total. The lowest BCUT2D eigenvalue weighted by Gasteiger charge is -2.33. The van der Waals surface area contributed by atoms with Gasteiger partial charge in [0, 0.05) is 13.0 Å². The first-order chi connectivity index (χ1) is 14.9. The number of rotatable bonds is 10. The van der Waals surface area contributed by atoms with Crippen LogP contribution in [0.1, 0.15) is 44.0 Å². The Bertz CT molecular complexity index is 929. The molecule has 2 aromatic rings. The van der Waals surface area contributed by atoms with Crippen LogP contribution in [0.2, 0.25) is 0 Å². The zero-order chi connectivity index (χ0) is 22.4. The van der Waals surface area contributed by atoms with Crippen molar-refractivity contribution in [1.82, 2.24) is 25.3 Å². The number of carboxylic acids is 1. The van der Waals surface area contributed by atoms with Gasteiger partial charge in [0.05, 0.1) is 42.8 Å². The van der Waals surface area contributed by atoms with E-state index < -0.39 is 12.1 Å². The third kappa shape index (κ3) is 5.50. The van der Waals surface area contributed by atoms with Gasteiger partial charge in [0.1, 0.15) is 11.4 Å². The van der Waals surface area contributed by atoms with E-state index in [1.807, 2.05) is 13.8 Å². The molecule has 0 saturated heterocycles. The minimum absolute atomic E-state index is 0.0336. The number of pyridine rings is 1. The van der Waals surface area contributed by atoms with Gasteiger partial charge in [0.2, 0.25) is 0 Å². The van der Waals surface area contributed by atoms with Gasteiger partial charge in [-0.15, -0.1) is 5.10 Å². The third-order valence-corrected chi connectivity index (χ3v) is 5.54. The molecule has 1 aliphatic carbocycles. The minimum Gasteiger partial charge on any atom is -0.491 e. The zero-order valence-corrected chi connectivity index (χ0v) is 18.1. The molecule has 2 heterocycles. The van der Waals surface area contributed by atoms with E-state index in [9.17, 15) is 9.59 Å². The molecule has 0 unspecified atom stereocenters. The highest BCUT2D eigenvalue weighted by molar-refractivity contribution is 5.71. The summed E-state index contributed by atoms with van der Waals surface area (Å²) >= 11 is 0. The molecule has 168 valence electrons. The number of hydrogen-bond acceptors (Lipinski definition) is 7. The Hall–Kier alpha value is -3.17. The number of alkyl carbamates (subject to hydrolysis) is 1. The van der Waals surface area contributed by atoms with Crippen LogP contribution in [0.4, 0.5) is 4.79 Å². The number of ether oxygens (including phenoxy) is 2. The molecule has 1 fully saturated rings. The fraction of sp³-hybridized carbons (Fsp3) is 0.571. The lowest BCUT2D eigenvalue weighted by molar-refractivity contribution is -0.148. The number of carboxylic acid groups (broad SMARTS) is 1. The Balaban J connectivity index is 1.63. The van der Waals surface area contributed by atoms with Gasteiger partial charge >= 0.3 is 12.1 Å². The zero-order valence-electron chi connectivity index (χ0n) is 18.1. The Morgan fingerprint density at radius 2 is 2.13 bits per heavy atom. The van der Waals surface area contributed by atoms with Gasteiger partial charge in [0.25, 0.3) is 0 Å². The van der Waals surface area contributed by atoms with Crippen molar-refractivity contribution in [2.24, 2.45) is 18.9 Å². The van der Waals surface area contributed by atoms with E-state index in [2.05, 4.69) is 20.6 Å². The topological polar surface area (TPSA) is 128 Å². The van der Waals surface area contributed by atoms with Crippen LogP contribution in [0.25, 0.3) is 11.4 Å². The van der Waals surface area contributed by atoms with Gasteiger partial charge in [-0.3, -0.25) is 4.79 Å². The van der Waals surface area contributed by atoms with E-state index >= 15 is 0 Å². The smallest absolute Gasteiger partial charge is 0.407 e. The van der Waals surface area contributed by atoms with Gasteiger partial charge in [0.15, 0.2) is 0 Å². The lowest BCUT2D eigenvalue weighted by atomic mass is 9.74. The highest BCUT2D eigenvalue weighted by Gasteiger charge is 2.37. The second-order valence-corrected chi connectivity index (χ2v) is 7.72. The molecule has 0 bridgehead atoms. The number of carbonyl (C=O) groups excluding carboxylic acids is 1. The van der Waals surface area contributed by atoms with Gasteiger partial charge in [-0.25, -0.2) is 14.5 Å². The number of hydrogen-bond donors (Lipinski definition) is 2. The molecule has 0 spiro atoms. The molecular weight excluding hydrogens is 402 g/mol. The standard InChI is InChI=1S/C21H29N5O5/c1-4-5-10-30-21(29)22-11-17-19(24-25-26(17)3)16-8-9-18(13(2)23-16)31-12-14-6-7-15(14)20(27)28/h8-9,14-15H,4-7,10-12H2,1-3H3,(H,22,29)(H,27,28)/t14-,15+/m0/s1. The Morgan fingerprint density at radius 1 is 1.32 bits per heavy atom. The number of nitrogens with zero attached hydrogens (tertiary/aromatic N) is 4. The maximum atomic E-state index is 11.8. The number of aromatic nitrogens is 4. The third-order valence-electron chi connectivity index (χ3n) is 5.54. The van der Waals surface area contributed by atoms with E-state index in [0.717, 1.165) is 19.3 Å². The largest absolute Gasteiger partial charge is 0.491 e. The summed E-state index contributed by atoms with van der Waals surface area (Å²) in [6, 6.07) is 3.59.